The Bertz CT molecular complexity index is 511. The van der Waals surface area contributed by atoms with Gasteiger partial charge in [0.1, 0.15) is 0 Å². The summed E-state index contributed by atoms with van der Waals surface area (Å²) in [5.74, 6) is 0.498. The maximum Gasteiger partial charge on any atom is 0.242 e. The number of nitrogens with one attached hydrogen (secondary N) is 1. The molecule has 0 aliphatic heterocycles. The van der Waals surface area contributed by atoms with Crippen LogP contribution in [0.2, 0.25) is 0 Å². The van der Waals surface area contributed by atoms with Gasteiger partial charge in [-0.25, -0.2) is 10.0 Å². The van der Waals surface area contributed by atoms with Gasteiger partial charge in [0.05, 0.1) is 12.8 Å². The van der Waals surface area contributed by atoms with Crippen LogP contribution in [0, 0.1) is 11.3 Å². The molecule has 1 amide bonds. The predicted molar refractivity (Wildman–Crippen MR) is 106 cm³/mol. The van der Waals surface area contributed by atoms with Gasteiger partial charge in [0.15, 0.2) is 5.13 Å². The van der Waals surface area contributed by atoms with Gasteiger partial charge in [0.25, 0.3) is 0 Å². The van der Waals surface area contributed by atoms with Gasteiger partial charge in [-0.2, -0.15) is 0 Å². The number of carbonyl (C=O) groups excluding carboxylic acids is 1. The first-order valence-electron chi connectivity index (χ1n) is 9.22. The molecule has 1 unspecified atom stereocenters. The molecule has 0 spiro atoms. The van der Waals surface area contributed by atoms with Crippen molar-refractivity contribution in [3.8, 4) is 0 Å². The van der Waals surface area contributed by atoms with Crippen LogP contribution < -0.4 is 5.32 Å². The van der Waals surface area contributed by atoms with Crippen LogP contribution in [0.3, 0.4) is 0 Å². The fourth-order valence-electron chi connectivity index (χ4n) is 2.72. The van der Waals surface area contributed by atoms with E-state index in [1.165, 1.54) is 31.9 Å². The Kier molecular flexibility index (Phi) is 9.43. The number of hydrogen-bond donors (Lipinski definition) is 1. The van der Waals surface area contributed by atoms with Crippen LogP contribution in [0.25, 0.3) is 0 Å². The molecule has 5 nitrogen and oxygen atoms in total. The monoisotopic (exact) mass is 369 g/mol. The van der Waals surface area contributed by atoms with Crippen molar-refractivity contribution < 1.29 is 9.63 Å². The Morgan fingerprint density at radius 2 is 2.12 bits per heavy atom. The second-order valence-electron chi connectivity index (χ2n) is 7.99. The lowest BCUT2D eigenvalue weighted by molar-refractivity contribution is -0.173. The Morgan fingerprint density at radius 1 is 1.40 bits per heavy atom. The fraction of sp³-hybridized carbons (Fsp3) is 0.789. The van der Waals surface area contributed by atoms with E-state index in [2.05, 4.69) is 43.4 Å². The Labute approximate surface area is 157 Å². The first-order valence-corrected chi connectivity index (χ1v) is 10.1. The van der Waals surface area contributed by atoms with Crippen molar-refractivity contribution in [2.24, 2.45) is 11.3 Å². The molecule has 1 aromatic rings. The topological polar surface area (TPSA) is 54.5 Å². The lowest BCUT2D eigenvalue weighted by atomic mass is 9.91. The van der Waals surface area contributed by atoms with Gasteiger partial charge in [0.2, 0.25) is 5.91 Å². The maximum atomic E-state index is 11.3. The summed E-state index contributed by atoms with van der Waals surface area (Å²) in [5.41, 5.74) is 1.55. The lowest BCUT2D eigenvalue weighted by Crippen LogP contribution is -2.28. The largest absolute Gasteiger partial charge is 0.362 e. The molecular formula is C19H35N3O2S. The number of nitrogens with zero attached hydrogens (tertiary/aromatic N) is 2. The van der Waals surface area contributed by atoms with Crippen molar-refractivity contribution in [3.05, 3.63) is 11.1 Å². The summed E-state index contributed by atoms with van der Waals surface area (Å²) in [6.45, 7) is 12.2. The average molecular weight is 370 g/mol. The van der Waals surface area contributed by atoms with Crippen molar-refractivity contribution in [2.45, 2.75) is 66.7 Å². The minimum Gasteiger partial charge on any atom is -0.362 e. The van der Waals surface area contributed by atoms with Crippen LogP contribution in [0.4, 0.5) is 5.13 Å². The highest BCUT2D eigenvalue weighted by atomic mass is 32.1. The lowest BCUT2D eigenvalue weighted by Gasteiger charge is -2.18. The average Bonchev–Trinajstić information content (AvgIpc) is 2.94. The quantitative estimate of drug-likeness (QED) is 0.452. The van der Waals surface area contributed by atoms with E-state index in [4.69, 9.17) is 4.84 Å². The number of hydroxylamine groups is 2. The molecule has 1 rings (SSSR count). The van der Waals surface area contributed by atoms with E-state index in [9.17, 15) is 4.79 Å². The first kappa shape index (κ1) is 21.9. The van der Waals surface area contributed by atoms with Crippen LogP contribution in [0.1, 0.15) is 66.0 Å². The van der Waals surface area contributed by atoms with Crippen molar-refractivity contribution >= 4 is 22.4 Å². The molecule has 1 N–H and O–H groups in total. The summed E-state index contributed by atoms with van der Waals surface area (Å²) in [5, 5.41) is 8.03. The molecule has 0 aliphatic rings. The van der Waals surface area contributed by atoms with Crippen LogP contribution in [0.5, 0.6) is 0 Å². The smallest absolute Gasteiger partial charge is 0.242 e. The Morgan fingerprint density at radius 3 is 2.72 bits per heavy atom. The highest BCUT2D eigenvalue weighted by Crippen LogP contribution is 2.22. The van der Waals surface area contributed by atoms with Gasteiger partial charge in [-0.3, -0.25) is 9.63 Å². The van der Waals surface area contributed by atoms with Gasteiger partial charge < -0.3 is 5.32 Å². The molecule has 0 radical (unpaired) electrons. The molecule has 1 heterocycles. The molecular weight excluding hydrogens is 334 g/mol. The summed E-state index contributed by atoms with van der Waals surface area (Å²) in [6, 6.07) is 0. The van der Waals surface area contributed by atoms with E-state index in [0.717, 1.165) is 36.6 Å². The van der Waals surface area contributed by atoms with Crippen molar-refractivity contribution in [1.82, 2.24) is 10.0 Å². The van der Waals surface area contributed by atoms with Crippen LogP contribution in [-0.4, -0.2) is 36.2 Å². The molecule has 0 aliphatic carbocycles. The number of amides is 1. The number of carbonyl (C=O) groups is 1. The van der Waals surface area contributed by atoms with E-state index < -0.39 is 0 Å². The van der Waals surface area contributed by atoms with Gasteiger partial charge >= 0.3 is 0 Å². The standard InChI is InChI=1S/C19H35N3O2S/c1-15(9-7-12-22(24-6)16(2)23)13-17-14-25-18(21-17)20-11-8-10-19(3,4)5/h14-15H,7-13H2,1-6H3,(H,20,21). The molecule has 6 heteroatoms. The van der Waals surface area contributed by atoms with Crippen molar-refractivity contribution in [1.29, 1.82) is 0 Å². The maximum absolute atomic E-state index is 11.3. The third kappa shape index (κ3) is 9.80. The molecule has 0 aromatic carbocycles. The SMILES string of the molecule is CON(CCCC(C)Cc1csc(NCCCC(C)(C)C)n1)C(C)=O. The van der Waals surface area contributed by atoms with Gasteiger partial charge in [-0.1, -0.05) is 27.7 Å². The number of hydrogen-bond acceptors (Lipinski definition) is 5. The summed E-state index contributed by atoms with van der Waals surface area (Å²) in [7, 11) is 1.54. The third-order valence-corrected chi connectivity index (χ3v) is 4.97. The molecule has 0 saturated heterocycles. The van der Waals surface area contributed by atoms with E-state index in [1.807, 2.05) is 0 Å². The zero-order valence-electron chi connectivity index (χ0n) is 16.7. The minimum absolute atomic E-state index is 0.0446. The zero-order valence-corrected chi connectivity index (χ0v) is 17.5. The molecule has 0 fully saturated rings. The molecule has 25 heavy (non-hydrogen) atoms. The highest BCUT2D eigenvalue weighted by Gasteiger charge is 2.12. The predicted octanol–water partition coefficient (Wildman–Crippen LogP) is 4.75. The molecule has 0 saturated carbocycles. The number of rotatable bonds is 11. The zero-order chi connectivity index (χ0) is 18.9. The summed E-state index contributed by atoms with van der Waals surface area (Å²) < 4.78 is 0. The minimum atomic E-state index is -0.0446. The molecule has 0 bridgehead atoms. The Balaban J connectivity index is 2.26. The van der Waals surface area contributed by atoms with E-state index in [0.29, 0.717) is 17.9 Å². The molecule has 1 aromatic heterocycles. The van der Waals surface area contributed by atoms with Crippen molar-refractivity contribution in [2.75, 3.05) is 25.5 Å². The van der Waals surface area contributed by atoms with E-state index in [1.54, 1.807) is 11.3 Å². The van der Waals surface area contributed by atoms with E-state index in [-0.39, 0.29) is 5.91 Å². The fourth-order valence-corrected chi connectivity index (χ4v) is 3.47. The van der Waals surface area contributed by atoms with Crippen LogP contribution in [-0.2, 0) is 16.1 Å². The second-order valence-corrected chi connectivity index (χ2v) is 8.85. The van der Waals surface area contributed by atoms with Crippen LogP contribution in [0.15, 0.2) is 5.38 Å². The summed E-state index contributed by atoms with van der Waals surface area (Å²) in [4.78, 5) is 21.0. The third-order valence-electron chi connectivity index (χ3n) is 4.12. The first-order chi connectivity index (χ1) is 11.7. The Hall–Kier alpha value is -1.14. The molecule has 144 valence electrons. The summed E-state index contributed by atoms with van der Waals surface area (Å²) in [6.07, 6.45) is 5.36. The van der Waals surface area contributed by atoms with Gasteiger partial charge in [0, 0.05) is 25.4 Å². The van der Waals surface area contributed by atoms with Crippen LogP contribution >= 0.6 is 11.3 Å². The molecule has 1 atom stereocenters. The number of thiazole rings is 1. The van der Waals surface area contributed by atoms with Gasteiger partial charge in [-0.15, -0.1) is 11.3 Å². The normalized spacial score (nSPS) is 12.9. The van der Waals surface area contributed by atoms with E-state index >= 15 is 0 Å². The highest BCUT2D eigenvalue weighted by molar-refractivity contribution is 7.13. The summed E-state index contributed by atoms with van der Waals surface area (Å²) >= 11 is 1.69. The number of aromatic nitrogens is 1. The number of anilines is 1. The van der Waals surface area contributed by atoms with Gasteiger partial charge in [-0.05, 0) is 43.4 Å². The second kappa shape index (κ2) is 10.8. The van der Waals surface area contributed by atoms with Crippen molar-refractivity contribution in [3.63, 3.8) is 0 Å².